The summed E-state index contributed by atoms with van der Waals surface area (Å²) in [4.78, 5) is 17.1. The molecule has 14 heteroatoms. The SMILES string of the molecule is COc1cccc(-c2nnc(NS(=O)(=O)[C@@H](C)Cc3ncc(C)cn3)n2[C@H](C)c2noc(C)n2)n1. The van der Waals surface area contributed by atoms with Gasteiger partial charge in [-0.25, -0.2) is 23.4 Å². The summed E-state index contributed by atoms with van der Waals surface area (Å²) in [6, 6.07) is 4.57. The molecule has 0 aliphatic rings. The van der Waals surface area contributed by atoms with Gasteiger partial charge in [0, 0.05) is 31.8 Å². The van der Waals surface area contributed by atoms with Gasteiger partial charge in [0.25, 0.3) is 0 Å². The van der Waals surface area contributed by atoms with Gasteiger partial charge in [-0.15, -0.1) is 10.2 Å². The van der Waals surface area contributed by atoms with Gasteiger partial charge < -0.3 is 9.26 Å². The molecule has 4 rings (SSSR count). The molecule has 4 aromatic heterocycles. The Kier molecular flexibility index (Phi) is 6.73. The van der Waals surface area contributed by atoms with E-state index in [1.807, 2.05) is 6.92 Å². The molecule has 0 bridgehead atoms. The van der Waals surface area contributed by atoms with E-state index in [4.69, 9.17) is 9.26 Å². The maximum atomic E-state index is 13.2. The highest BCUT2D eigenvalue weighted by Gasteiger charge is 2.29. The van der Waals surface area contributed by atoms with Crippen molar-refractivity contribution in [2.24, 2.45) is 0 Å². The van der Waals surface area contributed by atoms with Gasteiger partial charge >= 0.3 is 0 Å². The lowest BCUT2D eigenvalue weighted by atomic mass is 10.2. The zero-order valence-electron chi connectivity index (χ0n) is 19.9. The Morgan fingerprint density at radius 3 is 2.51 bits per heavy atom. The summed E-state index contributed by atoms with van der Waals surface area (Å²) in [7, 11) is -2.40. The van der Waals surface area contributed by atoms with Crippen LogP contribution in [0.5, 0.6) is 5.88 Å². The number of hydrogen-bond donors (Lipinski definition) is 1. The number of sulfonamides is 1. The number of anilines is 1. The highest BCUT2D eigenvalue weighted by molar-refractivity contribution is 7.93. The summed E-state index contributed by atoms with van der Waals surface area (Å²) in [5.74, 6) is 1.77. The first-order valence-corrected chi connectivity index (χ1v) is 12.3. The first kappa shape index (κ1) is 24.2. The van der Waals surface area contributed by atoms with Crippen LogP contribution in [0.25, 0.3) is 11.5 Å². The molecule has 4 heterocycles. The molecule has 0 aliphatic carbocycles. The number of nitrogens with one attached hydrogen (secondary N) is 1. The fourth-order valence-electron chi connectivity index (χ4n) is 3.28. The zero-order valence-corrected chi connectivity index (χ0v) is 20.7. The van der Waals surface area contributed by atoms with Crippen molar-refractivity contribution in [3.05, 3.63) is 53.7 Å². The van der Waals surface area contributed by atoms with Crippen LogP contribution in [0.2, 0.25) is 0 Å². The summed E-state index contributed by atoms with van der Waals surface area (Å²) in [6.07, 6.45) is 3.41. The van der Waals surface area contributed by atoms with Gasteiger partial charge in [0.05, 0.1) is 18.4 Å². The Labute approximate surface area is 202 Å². The minimum atomic E-state index is -3.90. The fraction of sp³-hybridized carbons (Fsp3) is 0.381. The molecular weight excluding hydrogens is 474 g/mol. The monoisotopic (exact) mass is 499 g/mol. The van der Waals surface area contributed by atoms with Crippen LogP contribution in [0.15, 0.2) is 35.1 Å². The Hall–Kier alpha value is -3.94. The van der Waals surface area contributed by atoms with Crippen LogP contribution in [0.1, 0.15) is 43.0 Å². The topological polar surface area (TPSA) is 164 Å². The van der Waals surface area contributed by atoms with E-state index in [-0.39, 0.29) is 12.4 Å². The highest BCUT2D eigenvalue weighted by atomic mass is 32.2. The first-order chi connectivity index (χ1) is 16.7. The van der Waals surface area contributed by atoms with E-state index < -0.39 is 21.3 Å². The van der Waals surface area contributed by atoms with Crippen LogP contribution in [0.4, 0.5) is 5.95 Å². The van der Waals surface area contributed by atoms with E-state index in [2.05, 4.69) is 40.0 Å². The second-order valence-electron chi connectivity index (χ2n) is 7.97. The third-order valence-electron chi connectivity index (χ3n) is 5.23. The van der Waals surface area contributed by atoms with Gasteiger partial charge in [0.1, 0.15) is 11.5 Å². The van der Waals surface area contributed by atoms with Crippen molar-refractivity contribution in [3.8, 4) is 17.4 Å². The van der Waals surface area contributed by atoms with Crippen molar-refractivity contribution in [2.75, 3.05) is 11.8 Å². The molecule has 4 aromatic rings. The lowest BCUT2D eigenvalue weighted by Gasteiger charge is -2.18. The molecule has 13 nitrogen and oxygen atoms in total. The van der Waals surface area contributed by atoms with Gasteiger partial charge in [0.2, 0.25) is 27.7 Å². The molecule has 0 aliphatic heterocycles. The minimum Gasteiger partial charge on any atom is -0.481 e. The molecule has 2 atom stereocenters. The molecule has 0 aromatic carbocycles. The number of ether oxygens (including phenoxy) is 1. The molecule has 0 saturated heterocycles. The van der Waals surface area contributed by atoms with Crippen molar-refractivity contribution in [2.45, 2.75) is 45.4 Å². The van der Waals surface area contributed by atoms with Gasteiger partial charge in [-0.2, -0.15) is 4.98 Å². The molecule has 35 heavy (non-hydrogen) atoms. The normalized spacial score (nSPS) is 13.4. The van der Waals surface area contributed by atoms with Crippen LogP contribution in [0.3, 0.4) is 0 Å². The Morgan fingerprint density at radius 2 is 1.86 bits per heavy atom. The third kappa shape index (κ3) is 5.26. The number of aryl methyl sites for hydroxylation is 2. The van der Waals surface area contributed by atoms with Crippen molar-refractivity contribution in [1.29, 1.82) is 0 Å². The number of hydrogen-bond acceptors (Lipinski definition) is 11. The second kappa shape index (κ2) is 9.74. The van der Waals surface area contributed by atoms with Crippen molar-refractivity contribution >= 4 is 16.0 Å². The van der Waals surface area contributed by atoms with E-state index in [0.717, 1.165) is 5.56 Å². The lowest BCUT2D eigenvalue weighted by molar-refractivity contribution is 0.381. The van der Waals surface area contributed by atoms with E-state index in [1.165, 1.54) is 7.11 Å². The molecule has 184 valence electrons. The van der Waals surface area contributed by atoms with E-state index in [1.54, 1.807) is 55.9 Å². The molecule has 0 fully saturated rings. The highest BCUT2D eigenvalue weighted by Crippen LogP contribution is 2.29. The minimum absolute atomic E-state index is 0.0174. The molecule has 0 spiro atoms. The van der Waals surface area contributed by atoms with Crippen LogP contribution in [-0.4, -0.2) is 60.6 Å². The molecular formula is C21H25N9O4S. The van der Waals surface area contributed by atoms with Crippen LogP contribution in [0, 0.1) is 13.8 Å². The van der Waals surface area contributed by atoms with E-state index >= 15 is 0 Å². The smallest absolute Gasteiger partial charge is 0.239 e. The number of pyridine rings is 1. The predicted molar refractivity (Wildman–Crippen MR) is 125 cm³/mol. The molecule has 0 radical (unpaired) electrons. The maximum Gasteiger partial charge on any atom is 0.239 e. The number of methoxy groups -OCH3 is 1. The first-order valence-electron chi connectivity index (χ1n) is 10.7. The lowest BCUT2D eigenvalue weighted by Crippen LogP contribution is -2.29. The molecule has 1 N–H and O–H groups in total. The zero-order chi connectivity index (χ0) is 25.2. The van der Waals surface area contributed by atoms with E-state index in [9.17, 15) is 8.42 Å². The van der Waals surface area contributed by atoms with E-state index in [0.29, 0.717) is 34.9 Å². The molecule has 0 amide bonds. The summed E-state index contributed by atoms with van der Waals surface area (Å²) >= 11 is 0. The maximum absolute atomic E-state index is 13.2. The fourth-order valence-corrected chi connectivity index (χ4v) is 4.24. The predicted octanol–water partition coefficient (Wildman–Crippen LogP) is 2.12. The average molecular weight is 500 g/mol. The summed E-state index contributed by atoms with van der Waals surface area (Å²) in [5, 5.41) is 11.4. The number of nitrogens with zero attached hydrogens (tertiary/aromatic N) is 8. The Morgan fingerprint density at radius 1 is 1.11 bits per heavy atom. The van der Waals surface area contributed by atoms with Crippen LogP contribution < -0.4 is 9.46 Å². The van der Waals surface area contributed by atoms with Gasteiger partial charge in [-0.3, -0.25) is 9.29 Å². The van der Waals surface area contributed by atoms with Crippen molar-refractivity contribution in [1.82, 2.24) is 39.9 Å². The summed E-state index contributed by atoms with van der Waals surface area (Å²) < 4.78 is 40.8. The largest absolute Gasteiger partial charge is 0.481 e. The van der Waals surface area contributed by atoms with Crippen LogP contribution >= 0.6 is 0 Å². The van der Waals surface area contributed by atoms with Crippen LogP contribution in [-0.2, 0) is 16.4 Å². The third-order valence-corrected chi connectivity index (χ3v) is 6.92. The number of aromatic nitrogens is 8. The standard InChI is InChI=1S/C21H25N9O4S/c1-12-10-22-17(23-11-12)9-13(2)35(31,32)29-21-27-26-20(16-7-6-8-18(25-16)33-5)30(21)14(3)19-24-15(4)34-28-19/h6-8,10-11,13-14H,9H2,1-5H3,(H,27,29)/t13-,14+/m0/s1. The molecule has 0 saturated carbocycles. The van der Waals surface area contributed by atoms with Crippen molar-refractivity contribution < 1.29 is 17.7 Å². The quantitative estimate of drug-likeness (QED) is 0.359. The second-order valence-corrected chi connectivity index (χ2v) is 10.1. The van der Waals surface area contributed by atoms with Gasteiger partial charge in [-0.1, -0.05) is 11.2 Å². The van der Waals surface area contributed by atoms with Gasteiger partial charge in [-0.05, 0) is 32.4 Å². The van der Waals surface area contributed by atoms with Crippen molar-refractivity contribution in [3.63, 3.8) is 0 Å². The molecule has 0 unspecified atom stereocenters. The summed E-state index contributed by atoms with van der Waals surface area (Å²) in [6.45, 7) is 6.87. The summed E-state index contributed by atoms with van der Waals surface area (Å²) in [5.41, 5.74) is 1.32. The van der Waals surface area contributed by atoms with Gasteiger partial charge in [0.15, 0.2) is 11.6 Å². The number of rotatable bonds is 9. The Bertz CT molecular complexity index is 1420. The average Bonchev–Trinajstić information content (AvgIpc) is 3.46. The Balaban J connectivity index is 1.70.